The van der Waals surface area contributed by atoms with E-state index in [2.05, 4.69) is 35.2 Å². The van der Waals surface area contributed by atoms with E-state index in [0.717, 1.165) is 23.5 Å². The molecule has 9 nitrogen and oxygen atoms in total. The zero-order chi connectivity index (χ0) is 25.0. The third-order valence-corrected chi connectivity index (χ3v) is 5.23. The lowest BCUT2D eigenvalue weighted by Gasteiger charge is -2.35. The predicted molar refractivity (Wildman–Crippen MR) is 125 cm³/mol. The maximum atomic E-state index is 12.6. The Kier molecular flexibility index (Phi) is 6.90. The molecule has 12 heteroatoms. The van der Waals surface area contributed by atoms with Crippen LogP contribution in [0.1, 0.15) is 11.4 Å². The van der Waals surface area contributed by atoms with Crippen molar-refractivity contribution >= 4 is 29.2 Å². The molecule has 2 amide bonds. The average Bonchev–Trinajstić information content (AvgIpc) is 2.79. The van der Waals surface area contributed by atoms with Crippen molar-refractivity contribution in [2.45, 2.75) is 20.2 Å². The molecular formula is C23H24F3N7O2. The molecule has 35 heavy (non-hydrogen) atoms. The zero-order valence-corrected chi connectivity index (χ0v) is 19.1. The highest BCUT2D eigenvalue weighted by Gasteiger charge is 2.31. The first-order valence-corrected chi connectivity index (χ1v) is 10.9. The van der Waals surface area contributed by atoms with Gasteiger partial charge in [0.2, 0.25) is 0 Å². The van der Waals surface area contributed by atoms with Crippen molar-refractivity contribution in [1.29, 1.82) is 0 Å². The van der Waals surface area contributed by atoms with E-state index in [1.807, 2.05) is 32.0 Å². The monoisotopic (exact) mass is 487 g/mol. The number of rotatable bonds is 5. The Hall–Kier alpha value is -4.09. The molecular weight excluding hydrogens is 463 g/mol. The van der Waals surface area contributed by atoms with Gasteiger partial charge >= 0.3 is 12.4 Å². The fraction of sp³-hybridized carbons (Fsp3) is 0.304. The number of urea groups is 1. The smallest absolute Gasteiger partial charge is 0.406 e. The molecule has 0 bridgehead atoms. The summed E-state index contributed by atoms with van der Waals surface area (Å²) >= 11 is 0. The number of hydrogen-bond acceptors (Lipinski definition) is 7. The van der Waals surface area contributed by atoms with Gasteiger partial charge in [-0.15, -0.1) is 13.2 Å². The molecule has 3 aromatic rings. The Morgan fingerprint density at radius 3 is 2.34 bits per heavy atom. The number of nitrogens with zero attached hydrogens (tertiary/aromatic N) is 5. The minimum Gasteiger partial charge on any atom is -0.406 e. The summed E-state index contributed by atoms with van der Waals surface area (Å²) in [6.45, 7) is 5.82. The summed E-state index contributed by atoms with van der Waals surface area (Å²) in [5.41, 5.74) is 1.45. The van der Waals surface area contributed by atoms with Gasteiger partial charge in [0.15, 0.2) is 0 Å². The molecule has 1 aliphatic heterocycles. The quantitative estimate of drug-likeness (QED) is 0.548. The van der Waals surface area contributed by atoms with E-state index in [-0.39, 0.29) is 11.8 Å². The highest BCUT2D eigenvalue weighted by atomic mass is 19.4. The van der Waals surface area contributed by atoms with Crippen molar-refractivity contribution in [3.63, 3.8) is 0 Å². The van der Waals surface area contributed by atoms with Crippen molar-refractivity contribution in [2.75, 3.05) is 41.7 Å². The lowest BCUT2D eigenvalue weighted by Crippen LogP contribution is -2.50. The minimum atomic E-state index is -4.76. The number of nitrogens with one attached hydrogen (secondary N) is 2. The van der Waals surface area contributed by atoms with Gasteiger partial charge in [-0.2, -0.15) is 0 Å². The van der Waals surface area contributed by atoms with E-state index < -0.39 is 6.36 Å². The van der Waals surface area contributed by atoms with Crippen LogP contribution in [0.25, 0.3) is 0 Å². The van der Waals surface area contributed by atoms with Crippen LogP contribution in [0.5, 0.6) is 5.75 Å². The van der Waals surface area contributed by atoms with Crippen molar-refractivity contribution in [3.05, 3.63) is 60.0 Å². The number of aromatic nitrogens is 3. The number of alkyl halides is 3. The summed E-state index contributed by atoms with van der Waals surface area (Å²) in [6, 6.07) is 10.4. The van der Waals surface area contributed by atoms with Crippen molar-refractivity contribution in [3.8, 4) is 5.75 Å². The number of benzene rings is 1. The number of halogens is 3. The molecule has 1 aromatic carbocycles. The maximum Gasteiger partial charge on any atom is 0.573 e. The van der Waals surface area contributed by atoms with Gasteiger partial charge in [0, 0.05) is 44.1 Å². The number of ether oxygens (including phenoxy) is 1. The third kappa shape index (κ3) is 6.71. The second-order valence-corrected chi connectivity index (χ2v) is 7.98. The Balaban J connectivity index is 1.33. The SMILES string of the molecule is Cc1ccnc(Nc2cc(N3CCN(C(=O)Nc4ccc(OC(F)(F)F)cc4)CC3)nc(C)n2)c1. The van der Waals surface area contributed by atoms with Crippen LogP contribution < -0.4 is 20.3 Å². The molecule has 0 saturated carbocycles. The molecule has 0 aliphatic carbocycles. The molecule has 1 saturated heterocycles. The Morgan fingerprint density at radius 1 is 0.971 bits per heavy atom. The molecule has 2 N–H and O–H groups in total. The van der Waals surface area contributed by atoms with Crippen LogP contribution in [-0.4, -0.2) is 58.4 Å². The number of hydrogen-bond donors (Lipinski definition) is 2. The van der Waals surface area contributed by atoms with Gasteiger partial charge in [-0.1, -0.05) is 0 Å². The topological polar surface area (TPSA) is 95.5 Å². The molecule has 2 aromatic heterocycles. The highest BCUT2D eigenvalue weighted by molar-refractivity contribution is 5.89. The molecule has 0 spiro atoms. The van der Waals surface area contributed by atoms with Crippen molar-refractivity contribution < 1.29 is 22.7 Å². The Labute approximate surface area is 200 Å². The van der Waals surface area contributed by atoms with Gasteiger partial charge in [0.05, 0.1) is 0 Å². The standard InChI is InChI=1S/C23H24F3N7O2/c1-15-7-8-27-19(13-15)31-20-14-21(29-16(2)28-20)32-9-11-33(12-10-32)22(34)30-17-3-5-18(6-4-17)35-23(24,25)26/h3-8,13-14H,9-12H2,1-2H3,(H,30,34)(H,27,28,29,31). The fourth-order valence-electron chi connectivity index (χ4n) is 3.59. The van der Waals surface area contributed by atoms with Gasteiger partial charge < -0.3 is 25.2 Å². The number of anilines is 4. The lowest BCUT2D eigenvalue weighted by atomic mass is 10.3. The number of aryl methyl sites for hydroxylation is 2. The van der Waals surface area contributed by atoms with E-state index in [1.54, 1.807) is 11.1 Å². The number of carbonyl (C=O) groups excluding carboxylic acids is 1. The summed E-state index contributed by atoms with van der Waals surface area (Å²) in [4.78, 5) is 29.6. The first-order valence-electron chi connectivity index (χ1n) is 10.9. The van der Waals surface area contributed by atoms with Crippen LogP contribution in [0.4, 0.5) is 41.1 Å². The lowest BCUT2D eigenvalue weighted by molar-refractivity contribution is -0.274. The van der Waals surface area contributed by atoms with Crippen LogP contribution in [0.3, 0.4) is 0 Å². The zero-order valence-electron chi connectivity index (χ0n) is 19.1. The number of pyridine rings is 1. The fourth-order valence-corrected chi connectivity index (χ4v) is 3.59. The van der Waals surface area contributed by atoms with Crippen LogP contribution >= 0.6 is 0 Å². The van der Waals surface area contributed by atoms with Gasteiger partial charge in [-0.25, -0.2) is 19.7 Å². The van der Waals surface area contributed by atoms with Gasteiger partial charge in [-0.05, 0) is 55.8 Å². The normalized spacial score (nSPS) is 14.0. The van der Waals surface area contributed by atoms with Crippen LogP contribution in [0, 0.1) is 13.8 Å². The highest BCUT2D eigenvalue weighted by Crippen LogP contribution is 2.24. The summed E-state index contributed by atoms with van der Waals surface area (Å²) < 4.78 is 40.7. The predicted octanol–water partition coefficient (Wildman–Crippen LogP) is 4.48. The first kappa shape index (κ1) is 24.0. The molecule has 4 rings (SSSR count). The molecule has 0 radical (unpaired) electrons. The van der Waals surface area contributed by atoms with Gasteiger partial charge in [0.1, 0.15) is 29.0 Å². The third-order valence-electron chi connectivity index (χ3n) is 5.23. The molecule has 1 fully saturated rings. The number of piperazine rings is 1. The van der Waals surface area contributed by atoms with E-state index in [4.69, 9.17) is 0 Å². The summed E-state index contributed by atoms with van der Waals surface area (Å²) in [6.07, 6.45) is -3.04. The first-order chi connectivity index (χ1) is 16.6. The summed E-state index contributed by atoms with van der Waals surface area (Å²) in [5.74, 6) is 2.32. The van der Waals surface area contributed by atoms with Crippen LogP contribution in [0.15, 0.2) is 48.7 Å². The van der Waals surface area contributed by atoms with Gasteiger partial charge in [0.25, 0.3) is 0 Å². The molecule has 1 aliphatic rings. The number of amides is 2. The Morgan fingerprint density at radius 2 is 1.69 bits per heavy atom. The van der Waals surface area contributed by atoms with E-state index in [1.165, 1.54) is 12.1 Å². The van der Waals surface area contributed by atoms with E-state index >= 15 is 0 Å². The minimum absolute atomic E-state index is 0.333. The maximum absolute atomic E-state index is 12.6. The second-order valence-electron chi connectivity index (χ2n) is 7.98. The van der Waals surface area contributed by atoms with Crippen molar-refractivity contribution in [2.24, 2.45) is 0 Å². The Bertz CT molecular complexity index is 1180. The molecule has 3 heterocycles. The van der Waals surface area contributed by atoms with E-state index in [0.29, 0.717) is 49.3 Å². The second kappa shape index (κ2) is 10.0. The molecule has 0 atom stereocenters. The summed E-state index contributed by atoms with van der Waals surface area (Å²) in [7, 11) is 0. The van der Waals surface area contributed by atoms with Crippen molar-refractivity contribution in [1.82, 2.24) is 19.9 Å². The van der Waals surface area contributed by atoms with E-state index in [9.17, 15) is 18.0 Å². The average molecular weight is 487 g/mol. The molecule has 184 valence electrons. The number of carbonyl (C=O) groups is 1. The van der Waals surface area contributed by atoms with Gasteiger partial charge in [-0.3, -0.25) is 0 Å². The summed E-state index contributed by atoms with van der Waals surface area (Å²) in [5, 5.41) is 5.90. The van der Waals surface area contributed by atoms with Crippen LogP contribution in [0.2, 0.25) is 0 Å². The largest absolute Gasteiger partial charge is 0.573 e. The molecule has 0 unspecified atom stereocenters. The van der Waals surface area contributed by atoms with Crippen LogP contribution in [-0.2, 0) is 0 Å².